The molecule has 3 heterocycles. The molecular formula is C25H30ClN5S. The third kappa shape index (κ3) is 4.15. The molecule has 2 aromatic heterocycles. The quantitative estimate of drug-likeness (QED) is 0.517. The molecule has 2 atom stereocenters. The zero-order valence-electron chi connectivity index (χ0n) is 19.3. The molecule has 0 spiro atoms. The minimum absolute atomic E-state index is 0.0159. The Labute approximate surface area is 201 Å². The van der Waals surface area contributed by atoms with Gasteiger partial charge in [-0.1, -0.05) is 23.7 Å². The molecule has 4 rings (SSSR count). The van der Waals surface area contributed by atoms with Gasteiger partial charge in [-0.2, -0.15) is 0 Å². The van der Waals surface area contributed by atoms with Gasteiger partial charge in [0.15, 0.2) is 5.11 Å². The van der Waals surface area contributed by atoms with Crippen LogP contribution in [0.15, 0.2) is 48.7 Å². The highest BCUT2D eigenvalue weighted by Gasteiger charge is 2.42. The van der Waals surface area contributed by atoms with E-state index in [0.717, 1.165) is 34.6 Å². The van der Waals surface area contributed by atoms with Crippen molar-refractivity contribution in [2.75, 3.05) is 27.2 Å². The fourth-order valence-electron chi connectivity index (χ4n) is 4.71. The smallest absolute Gasteiger partial charge is 0.170 e. The fourth-order valence-corrected chi connectivity index (χ4v) is 5.23. The van der Waals surface area contributed by atoms with Gasteiger partial charge in [0.1, 0.15) is 0 Å². The van der Waals surface area contributed by atoms with E-state index < -0.39 is 0 Å². The summed E-state index contributed by atoms with van der Waals surface area (Å²) in [7, 11) is 4.18. The average Bonchev–Trinajstić information content (AvgIpc) is 3.19. The van der Waals surface area contributed by atoms with Gasteiger partial charge in [-0.05, 0) is 83.0 Å². The highest BCUT2D eigenvalue weighted by Crippen LogP contribution is 2.43. The summed E-state index contributed by atoms with van der Waals surface area (Å²) in [4.78, 5) is 9.19. The molecule has 0 saturated carbocycles. The number of rotatable bonds is 6. The van der Waals surface area contributed by atoms with E-state index in [2.05, 4.69) is 71.7 Å². The lowest BCUT2D eigenvalue weighted by Gasteiger charge is -2.29. The Bertz CT molecular complexity index is 1120. The van der Waals surface area contributed by atoms with Crippen LogP contribution in [-0.2, 0) is 0 Å². The number of pyridine rings is 1. The predicted octanol–water partition coefficient (Wildman–Crippen LogP) is 4.99. The number of likely N-dealkylation sites (N-methyl/N-ethyl adjacent to an activating group) is 1. The number of hydrogen-bond acceptors (Lipinski definition) is 3. The molecule has 1 saturated heterocycles. The van der Waals surface area contributed by atoms with Crippen LogP contribution in [0.1, 0.15) is 40.3 Å². The maximum atomic E-state index is 6.33. The maximum absolute atomic E-state index is 6.33. The number of thiocarbonyl (C=S) groups is 1. The second kappa shape index (κ2) is 9.22. The van der Waals surface area contributed by atoms with Crippen molar-refractivity contribution in [3.05, 3.63) is 81.9 Å². The molecule has 0 bridgehead atoms. The molecule has 1 N–H and O–H groups in total. The monoisotopic (exact) mass is 467 g/mol. The van der Waals surface area contributed by atoms with E-state index in [-0.39, 0.29) is 12.1 Å². The summed E-state index contributed by atoms with van der Waals surface area (Å²) in [5.74, 6) is 0. The van der Waals surface area contributed by atoms with Crippen molar-refractivity contribution in [1.29, 1.82) is 0 Å². The van der Waals surface area contributed by atoms with Crippen LogP contribution >= 0.6 is 23.8 Å². The van der Waals surface area contributed by atoms with Crippen molar-refractivity contribution in [2.45, 2.75) is 32.9 Å². The van der Waals surface area contributed by atoms with Gasteiger partial charge in [-0.25, -0.2) is 0 Å². The topological polar surface area (TPSA) is 36.3 Å². The predicted molar refractivity (Wildman–Crippen MR) is 136 cm³/mol. The Kier molecular flexibility index (Phi) is 6.56. The zero-order chi connectivity index (χ0) is 23.0. The molecule has 3 aromatic rings. The SMILES string of the molecule is Cc1c(C2C(c3ccccn3)NC(=S)N2CCN(C)C)c(C)n(-c2cccc(Cl)c2)c1C. The highest BCUT2D eigenvalue weighted by molar-refractivity contribution is 7.80. The third-order valence-electron chi connectivity index (χ3n) is 6.36. The van der Waals surface area contributed by atoms with Gasteiger partial charge in [0, 0.05) is 46.9 Å². The van der Waals surface area contributed by atoms with Gasteiger partial charge in [-0.15, -0.1) is 0 Å². The van der Waals surface area contributed by atoms with E-state index in [4.69, 9.17) is 23.8 Å². The summed E-state index contributed by atoms with van der Waals surface area (Å²) >= 11 is 12.2. The van der Waals surface area contributed by atoms with Gasteiger partial charge in [-0.3, -0.25) is 4.98 Å². The number of aromatic nitrogens is 2. The normalized spacial score (nSPS) is 18.5. The summed E-state index contributed by atoms with van der Waals surface area (Å²) in [6.07, 6.45) is 1.85. The molecular weight excluding hydrogens is 438 g/mol. The Morgan fingerprint density at radius 3 is 2.53 bits per heavy atom. The van der Waals surface area contributed by atoms with Crippen LogP contribution in [0.3, 0.4) is 0 Å². The minimum Gasteiger partial charge on any atom is -0.352 e. The Morgan fingerprint density at radius 2 is 1.88 bits per heavy atom. The van der Waals surface area contributed by atoms with Crippen molar-refractivity contribution in [3.8, 4) is 5.69 Å². The van der Waals surface area contributed by atoms with Crippen molar-refractivity contribution >= 4 is 28.9 Å². The summed E-state index contributed by atoms with van der Waals surface area (Å²) in [5.41, 5.74) is 7.06. The summed E-state index contributed by atoms with van der Waals surface area (Å²) in [5, 5.41) is 5.08. The van der Waals surface area contributed by atoms with Crippen LogP contribution in [-0.4, -0.2) is 51.6 Å². The van der Waals surface area contributed by atoms with Gasteiger partial charge in [0.05, 0.1) is 17.8 Å². The molecule has 0 amide bonds. The summed E-state index contributed by atoms with van der Waals surface area (Å²) in [6, 6.07) is 14.1. The molecule has 1 aromatic carbocycles. The second-order valence-electron chi connectivity index (χ2n) is 8.65. The molecule has 168 valence electrons. The maximum Gasteiger partial charge on any atom is 0.170 e. The number of hydrogen-bond donors (Lipinski definition) is 1. The number of benzene rings is 1. The molecule has 0 aliphatic carbocycles. The van der Waals surface area contributed by atoms with Crippen LogP contribution in [0.5, 0.6) is 0 Å². The summed E-state index contributed by atoms with van der Waals surface area (Å²) < 4.78 is 2.30. The summed E-state index contributed by atoms with van der Waals surface area (Å²) in [6.45, 7) is 8.33. The first-order valence-electron chi connectivity index (χ1n) is 10.9. The van der Waals surface area contributed by atoms with E-state index >= 15 is 0 Å². The number of halogens is 1. The van der Waals surface area contributed by atoms with Crippen LogP contribution in [0.2, 0.25) is 5.02 Å². The first-order chi connectivity index (χ1) is 15.3. The molecule has 0 radical (unpaired) electrons. The van der Waals surface area contributed by atoms with Gasteiger partial charge < -0.3 is 19.7 Å². The lowest BCUT2D eigenvalue weighted by atomic mass is 9.93. The minimum atomic E-state index is -0.0159. The molecule has 32 heavy (non-hydrogen) atoms. The Hall–Kier alpha value is -2.41. The van der Waals surface area contributed by atoms with E-state index in [0.29, 0.717) is 0 Å². The van der Waals surface area contributed by atoms with Crippen molar-refractivity contribution in [2.24, 2.45) is 0 Å². The van der Waals surface area contributed by atoms with Crippen LogP contribution < -0.4 is 5.32 Å². The van der Waals surface area contributed by atoms with Gasteiger partial charge >= 0.3 is 0 Å². The second-order valence-corrected chi connectivity index (χ2v) is 9.47. The molecule has 7 heteroatoms. The fraction of sp³-hybridized carbons (Fsp3) is 0.360. The third-order valence-corrected chi connectivity index (χ3v) is 6.94. The molecule has 1 aliphatic heterocycles. The Morgan fingerprint density at radius 1 is 1.09 bits per heavy atom. The number of nitrogens with zero attached hydrogens (tertiary/aromatic N) is 4. The van der Waals surface area contributed by atoms with Crippen LogP contribution in [0.25, 0.3) is 5.69 Å². The lowest BCUT2D eigenvalue weighted by Crippen LogP contribution is -2.35. The van der Waals surface area contributed by atoms with Crippen molar-refractivity contribution in [1.82, 2.24) is 24.7 Å². The van der Waals surface area contributed by atoms with Gasteiger partial charge in [0.2, 0.25) is 0 Å². The lowest BCUT2D eigenvalue weighted by molar-refractivity contribution is 0.276. The van der Waals surface area contributed by atoms with Crippen molar-refractivity contribution in [3.63, 3.8) is 0 Å². The first kappa shape index (κ1) is 22.8. The van der Waals surface area contributed by atoms with Crippen LogP contribution in [0, 0.1) is 20.8 Å². The van der Waals surface area contributed by atoms with E-state index in [1.165, 1.54) is 22.5 Å². The highest BCUT2D eigenvalue weighted by atomic mass is 35.5. The van der Waals surface area contributed by atoms with E-state index in [1.807, 2.05) is 36.5 Å². The molecule has 5 nitrogen and oxygen atoms in total. The van der Waals surface area contributed by atoms with Crippen LogP contribution in [0.4, 0.5) is 0 Å². The Balaban J connectivity index is 1.87. The number of nitrogens with one attached hydrogen (secondary N) is 1. The molecule has 1 fully saturated rings. The first-order valence-corrected chi connectivity index (χ1v) is 11.7. The standard InChI is InChI=1S/C25H30ClN5S/c1-16-17(2)31(20-10-8-9-19(26)15-20)18(3)22(16)24-23(21-11-6-7-12-27-21)28-25(32)30(24)14-13-29(4)5/h6-12,15,23-24H,13-14H2,1-5H3,(H,28,32). The van der Waals surface area contributed by atoms with Gasteiger partial charge in [0.25, 0.3) is 0 Å². The van der Waals surface area contributed by atoms with Crippen molar-refractivity contribution < 1.29 is 0 Å². The largest absolute Gasteiger partial charge is 0.352 e. The van der Waals surface area contributed by atoms with E-state index in [1.54, 1.807) is 0 Å². The van der Waals surface area contributed by atoms with E-state index in [9.17, 15) is 0 Å². The molecule has 1 aliphatic rings. The zero-order valence-corrected chi connectivity index (χ0v) is 20.8. The molecule has 2 unspecified atom stereocenters. The average molecular weight is 468 g/mol.